The fourth-order valence-electron chi connectivity index (χ4n) is 2.24. The number of hydrogen-bond donors (Lipinski definition) is 1. The number of nitrogens with zero attached hydrogens (tertiary/aromatic N) is 2. The molecule has 1 N–H and O–H groups in total. The summed E-state index contributed by atoms with van der Waals surface area (Å²) < 4.78 is 0. The molecule has 0 atom stereocenters. The fraction of sp³-hybridized carbons (Fsp3) is 0.0556. The lowest BCUT2D eigenvalue weighted by Crippen LogP contribution is -2.14. The SMILES string of the molecule is Cc1cccc(NC(=O)c2cncnc2-c2ccccc2)c1. The van der Waals surface area contributed by atoms with Crippen molar-refractivity contribution in [1.29, 1.82) is 0 Å². The number of benzene rings is 2. The molecule has 3 rings (SSSR count). The molecule has 0 bridgehead atoms. The first kappa shape index (κ1) is 13.9. The Hall–Kier alpha value is -3.01. The maximum Gasteiger partial charge on any atom is 0.259 e. The summed E-state index contributed by atoms with van der Waals surface area (Å²) >= 11 is 0. The Balaban J connectivity index is 1.93. The van der Waals surface area contributed by atoms with Crippen LogP contribution in [0.5, 0.6) is 0 Å². The summed E-state index contributed by atoms with van der Waals surface area (Å²) in [6, 6.07) is 17.3. The van der Waals surface area contributed by atoms with Crippen molar-refractivity contribution in [2.24, 2.45) is 0 Å². The third-order valence-electron chi connectivity index (χ3n) is 3.28. The van der Waals surface area contributed by atoms with Crippen LogP contribution in [0.4, 0.5) is 5.69 Å². The highest BCUT2D eigenvalue weighted by Gasteiger charge is 2.14. The zero-order valence-electron chi connectivity index (χ0n) is 12.2. The van der Waals surface area contributed by atoms with Gasteiger partial charge < -0.3 is 5.32 Å². The molecule has 1 aromatic heterocycles. The van der Waals surface area contributed by atoms with Crippen LogP contribution >= 0.6 is 0 Å². The largest absolute Gasteiger partial charge is 0.322 e. The van der Waals surface area contributed by atoms with Crippen molar-refractivity contribution in [3.8, 4) is 11.3 Å². The Labute approximate surface area is 128 Å². The second kappa shape index (κ2) is 6.18. The minimum absolute atomic E-state index is 0.218. The molecule has 108 valence electrons. The van der Waals surface area contributed by atoms with Crippen LogP contribution in [0.2, 0.25) is 0 Å². The third-order valence-corrected chi connectivity index (χ3v) is 3.28. The molecule has 0 aliphatic rings. The highest BCUT2D eigenvalue weighted by molar-refractivity contribution is 6.07. The van der Waals surface area contributed by atoms with Gasteiger partial charge in [0.1, 0.15) is 6.33 Å². The fourth-order valence-corrected chi connectivity index (χ4v) is 2.24. The first-order valence-corrected chi connectivity index (χ1v) is 6.97. The zero-order chi connectivity index (χ0) is 15.4. The van der Waals surface area contributed by atoms with Crippen molar-refractivity contribution in [3.05, 3.63) is 78.2 Å². The summed E-state index contributed by atoms with van der Waals surface area (Å²) in [6.07, 6.45) is 2.99. The summed E-state index contributed by atoms with van der Waals surface area (Å²) in [6.45, 7) is 1.98. The van der Waals surface area contributed by atoms with E-state index in [1.165, 1.54) is 6.33 Å². The molecule has 4 nitrogen and oxygen atoms in total. The number of hydrogen-bond acceptors (Lipinski definition) is 3. The van der Waals surface area contributed by atoms with Gasteiger partial charge in [-0.05, 0) is 24.6 Å². The van der Waals surface area contributed by atoms with Crippen LogP contribution in [0.25, 0.3) is 11.3 Å². The molecular weight excluding hydrogens is 274 g/mol. The van der Waals surface area contributed by atoms with Gasteiger partial charge in [-0.2, -0.15) is 0 Å². The van der Waals surface area contributed by atoms with Crippen molar-refractivity contribution in [3.63, 3.8) is 0 Å². The van der Waals surface area contributed by atoms with E-state index >= 15 is 0 Å². The summed E-state index contributed by atoms with van der Waals surface area (Å²) in [7, 11) is 0. The molecule has 0 radical (unpaired) electrons. The molecule has 0 aliphatic heterocycles. The number of nitrogens with one attached hydrogen (secondary N) is 1. The lowest BCUT2D eigenvalue weighted by Gasteiger charge is -2.09. The van der Waals surface area contributed by atoms with Crippen LogP contribution in [0.1, 0.15) is 15.9 Å². The van der Waals surface area contributed by atoms with Crippen LogP contribution in [0.3, 0.4) is 0 Å². The quantitative estimate of drug-likeness (QED) is 0.799. The van der Waals surface area contributed by atoms with E-state index < -0.39 is 0 Å². The predicted octanol–water partition coefficient (Wildman–Crippen LogP) is 3.70. The van der Waals surface area contributed by atoms with E-state index in [0.717, 1.165) is 16.8 Å². The monoisotopic (exact) mass is 289 g/mol. The molecular formula is C18H15N3O. The first-order valence-electron chi connectivity index (χ1n) is 6.97. The van der Waals surface area contributed by atoms with Crippen LogP contribution < -0.4 is 5.32 Å². The van der Waals surface area contributed by atoms with E-state index in [1.54, 1.807) is 6.20 Å². The zero-order valence-corrected chi connectivity index (χ0v) is 12.2. The van der Waals surface area contributed by atoms with Gasteiger partial charge in [0.15, 0.2) is 0 Å². The highest BCUT2D eigenvalue weighted by atomic mass is 16.1. The van der Waals surface area contributed by atoms with Crippen LogP contribution in [-0.4, -0.2) is 15.9 Å². The van der Waals surface area contributed by atoms with Gasteiger partial charge in [0.05, 0.1) is 11.3 Å². The van der Waals surface area contributed by atoms with Crippen LogP contribution in [-0.2, 0) is 0 Å². The number of anilines is 1. The Bertz CT molecular complexity index is 800. The van der Waals surface area contributed by atoms with E-state index in [0.29, 0.717) is 11.3 Å². The van der Waals surface area contributed by atoms with Crippen molar-refractivity contribution >= 4 is 11.6 Å². The molecule has 3 aromatic rings. The van der Waals surface area contributed by atoms with Crippen molar-refractivity contribution in [1.82, 2.24) is 9.97 Å². The number of aryl methyl sites for hydroxylation is 1. The Morgan fingerprint density at radius 1 is 1.05 bits per heavy atom. The number of aromatic nitrogens is 2. The summed E-state index contributed by atoms with van der Waals surface area (Å²) in [5, 5.41) is 2.89. The van der Waals surface area contributed by atoms with Crippen molar-refractivity contribution in [2.45, 2.75) is 6.92 Å². The highest BCUT2D eigenvalue weighted by Crippen LogP contribution is 2.21. The third kappa shape index (κ3) is 3.01. The maximum atomic E-state index is 12.5. The predicted molar refractivity (Wildman–Crippen MR) is 86.6 cm³/mol. The number of carbonyl (C=O) groups is 1. The normalized spacial score (nSPS) is 10.2. The van der Waals surface area contributed by atoms with Crippen LogP contribution in [0.15, 0.2) is 67.1 Å². The number of amides is 1. The maximum absolute atomic E-state index is 12.5. The van der Waals surface area contributed by atoms with Crippen LogP contribution in [0, 0.1) is 6.92 Å². The van der Waals surface area contributed by atoms with E-state index in [9.17, 15) is 4.79 Å². The Morgan fingerprint density at radius 2 is 1.86 bits per heavy atom. The second-order valence-corrected chi connectivity index (χ2v) is 4.97. The van der Waals surface area contributed by atoms with Gasteiger partial charge in [0.25, 0.3) is 5.91 Å². The Kier molecular flexibility index (Phi) is 3.92. The van der Waals surface area contributed by atoms with Gasteiger partial charge >= 0.3 is 0 Å². The summed E-state index contributed by atoms with van der Waals surface area (Å²) in [5.41, 5.74) is 3.81. The van der Waals surface area contributed by atoms with E-state index in [1.807, 2.05) is 61.5 Å². The lowest BCUT2D eigenvalue weighted by atomic mass is 10.1. The summed E-state index contributed by atoms with van der Waals surface area (Å²) in [5.74, 6) is -0.218. The molecule has 0 unspecified atom stereocenters. The molecule has 0 saturated carbocycles. The standard InChI is InChI=1S/C18H15N3O/c1-13-6-5-9-15(10-13)21-18(22)16-11-19-12-20-17(16)14-7-3-2-4-8-14/h2-12H,1H3,(H,21,22). The minimum atomic E-state index is -0.218. The van der Waals surface area contributed by atoms with Gasteiger partial charge in [-0.3, -0.25) is 4.79 Å². The minimum Gasteiger partial charge on any atom is -0.322 e. The smallest absolute Gasteiger partial charge is 0.259 e. The van der Waals surface area contributed by atoms with E-state index in [-0.39, 0.29) is 5.91 Å². The van der Waals surface area contributed by atoms with E-state index in [2.05, 4.69) is 15.3 Å². The summed E-state index contributed by atoms with van der Waals surface area (Å²) in [4.78, 5) is 20.8. The molecule has 2 aromatic carbocycles. The number of carbonyl (C=O) groups excluding carboxylic acids is 1. The average Bonchev–Trinajstić information content (AvgIpc) is 2.56. The molecule has 0 spiro atoms. The molecule has 22 heavy (non-hydrogen) atoms. The average molecular weight is 289 g/mol. The molecule has 0 fully saturated rings. The van der Waals surface area contributed by atoms with E-state index in [4.69, 9.17) is 0 Å². The Morgan fingerprint density at radius 3 is 2.64 bits per heavy atom. The van der Waals surface area contributed by atoms with Crippen molar-refractivity contribution < 1.29 is 4.79 Å². The topological polar surface area (TPSA) is 54.9 Å². The second-order valence-electron chi connectivity index (χ2n) is 4.97. The first-order chi connectivity index (χ1) is 10.7. The molecule has 0 aliphatic carbocycles. The van der Waals surface area contributed by atoms with Gasteiger partial charge in [0, 0.05) is 17.4 Å². The van der Waals surface area contributed by atoms with Crippen molar-refractivity contribution in [2.75, 3.05) is 5.32 Å². The number of rotatable bonds is 3. The van der Waals surface area contributed by atoms with Gasteiger partial charge in [-0.25, -0.2) is 9.97 Å². The van der Waals surface area contributed by atoms with Gasteiger partial charge in [-0.1, -0.05) is 42.5 Å². The molecule has 1 amide bonds. The van der Waals surface area contributed by atoms with Gasteiger partial charge in [0.2, 0.25) is 0 Å². The molecule has 0 saturated heterocycles. The van der Waals surface area contributed by atoms with Gasteiger partial charge in [-0.15, -0.1) is 0 Å². The molecule has 4 heteroatoms. The molecule has 1 heterocycles. The lowest BCUT2D eigenvalue weighted by molar-refractivity contribution is 0.102.